The van der Waals surface area contributed by atoms with Crippen LogP contribution in [0.1, 0.15) is 39.2 Å². The Morgan fingerprint density at radius 1 is 1.26 bits per heavy atom. The molecule has 3 rings (SSSR count). The van der Waals surface area contributed by atoms with Gasteiger partial charge in [0.1, 0.15) is 5.60 Å². The first-order valence-electron chi connectivity index (χ1n) is 9.56. The van der Waals surface area contributed by atoms with Gasteiger partial charge in [0.25, 0.3) is 0 Å². The minimum Gasteiger partial charge on any atom is -0.469 e. The van der Waals surface area contributed by atoms with E-state index in [0.29, 0.717) is 13.0 Å². The second-order valence-electron chi connectivity index (χ2n) is 8.78. The second-order valence-corrected chi connectivity index (χ2v) is 8.78. The lowest BCUT2D eigenvalue weighted by Gasteiger charge is -2.27. The van der Waals surface area contributed by atoms with Crippen molar-refractivity contribution in [3.8, 4) is 0 Å². The molecule has 0 radical (unpaired) electrons. The van der Waals surface area contributed by atoms with Crippen molar-refractivity contribution in [2.75, 3.05) is 20.2 Å². The third kappa shape index (κ3) is 4.43. The highest BCUT2D eigenvalue weighted by Crippen LogP contribution is 2.50. The van der Waals surface area contributed by atoms with Crippen LogP contribution in [0.25, 0.3) is 0 Å². The lowest BCUT2D eigenvalue weighted by Crippen LogP contribution is -2.41. The molecule has 1 saturated carbocycles. The molecule has 0 bridgehead atoms. The molecule has 1 aliphatic heterocycles. The zero-order chi connectivity index (χ0) is 19.7. The Kier molecular flexibility index (Phi) is 5.47. The van der Waals surface area contributed by atoms with Crippen molar-refractivity contribution in [3.63, 3.8) is 0 Å². The van der Waals surface area contributed by atoms with Gasteiger partial charge in [-0.05, 0) is 45.1 Å². The van der Waals surface area contributed by atoms with Crippen molar-refractivity contribution in [1.82, 2.24) is 10.2 Å². The largest absolute Gasteiger partial charge is 0.469 e. The average Bonchev–Trinajstić information content (AvgIpc) is 3.07. The number of rotatable bonds is 4. The first kappa shape index (κ1) is 19.7. The van der Waals surface area contributed by atoms with Crippen LogP contribution in [0, 0.1) is 11.3 Å². The highest BCUT2D eigenvalue weighted by Gasteiger charge is 2.58. The van der Waals surface area contributed by atoms with Crippen LogP contribution in [0.5, 0.6) is 0 Å². The Morgan fingerprint density at radius 2 is 1.96 bits per heavy atom. The van der Waals surface area contributed by atoms with E-state index >= 15 is 0 Å². The van der Waals surface area contributed by atoms with E-state index in [1.54, 1.807) is 0 Å². The van der Waals surface area contributed by atoms with Crippen LogP contribution in [0.3, 0.4) is 0 Å². The van der Waals surface area contributed by atoms with Crippen LogP contribution in [0.2, 0.25) is 0 Å². The lowest BCUT2D eigenvalue weighted by atomic mass is 9.81. The Morgan fingerprint density at radius 3 is 2.59 bits per heavy atom. The van der Waals surface area contributed by atoms with Gasteiger partial charge in [-0.15, -0.1) is 0 Å². The summed E-state index contributed by atoms with van der Waals surface area (Å²) in [5.41, 5.74) is 0.148. The number of nitrogens with one attached hydrogen (secondary N) is 1. The molecule has 2 aliphatic rings. The van der Waals surface area contributed by atoms with Crippen molar-refractivity contribution < 1.29 is 19.1 Å². The number of ether oxygens (including phenoxy) is 2. The molecule has 1 heterocycles. The quantitative estimate of drug-likeness (QED) is 0.821. The number of hydrogen-bond donors (Lipinski definition) is 1. The van der Waals surface area contributed by atoms with Gasteiger partial charge in [-0.3, -0.25) is 9.69 Å². The molecule has 6 heteroatoms. The number of nitrogens with zero attached hydrogens (tertiary/aromatic N) is 1. The fourth-order valence-electron chi connectivity index (χ4n) is 4.54. The summed E-state index contributed by atoms with van der Waals surface area (Å²) in [6.07, 6.45) is 0.933. The van der Waals surface area contributed by atoms with Crippen LogP contribution >= 0.6 is 0 Å². The molecule has 148 valence electrons. The van der Waals surface area contributed by atoms with Crippen LogP contribution in [-0.2, 0) is 20.8 Å². The molecule has 1 aromatic carbocycles. The smallest absolute Gasteiger partial charge is 0.407 e. The van der Waals surface area contributed by atoms with Crippen LogP contribution in [0.4, 0.5) is 4.79 Å². The van der Waals surface area contributed by atoms with Crippen LogP contribution < -0.4 is 5.32 Å². The summed E-state index contributed by atoms with van der Waals surface area (Å²) in [5, 5.41) is 2.94. The minimum absolute atomic E-state index is 0.0668. The molecule has 1 amide bonds. The predicted octanol–water partition coefficient (Wildman–Crippen LogP) is 2.96. The number of benzene rings is 1. The molecule has 6 nitrogen and oxygen atoms in total. The Balaban J connectivity index is 1.67. The van der Waals surface area contributed by atoms with E-state index in [4.69, 9.17) is 9.47 Å². The number of amides is 1. The Bertz CT molecular complexity index is 685. The maximum Gasteiger partial charge on any atom is 0.407 e. The molecular formula is C21H30N2O4. The van der Waals surface area contributed by atoms with Crippen LogP contribution in [-0.4, -0.2) is 48.8 Å². The summed E-state index contributed by atoms with van der Waals surface area (Å²) in [4.78, 5) is 27.1. The third-order valence-corrected chi connectivity index (χ3v) is 5.51. The van der Waals surface area contributed by atoms with Gasteiger partial charge in [0.2, 0.25) is 0 Å². The van der Waals surface area contributed by atoms with Crippen molar-refractivity contribution >= 4 is 12.1 Å². The Labute approximate surface area is 161 Å². The number of fused-ring (bicyclic) bond motifs is 1. The van der Waals surface area contributed by atoms with Gasteiger partial charge < -0.3 is 14.8 Å². The average molecular weight is 374 g/mol. The first-order valence-corrected chi connectivity index (χ1v) is 9.56. The highest BCUT2D eigenvalue weighted by molar-refractivity contribution is 5.79. The van der Waals surface area contributed by atoms with E-state index in [1.165, 1.54) is 12.7 Å². The fourth-order valence-corrected chi connectivity index (χ4v) is 4.54. The molecule has 3 unspecified atom stereocenters. The van der Waals surface area contributed by atoms with E-state index in [1.807, 2.05) is 39.0 Å². The number of hydrogen-bond acceptors (Lipinski definition) is 5. The molecule has 1 N–H and O–H groups in total. The van der Waals surface area contributed by atoms with Gasteiger partial charge in [-0.25, -0.2) is 4.79 Å². The standard InChI is InChI=1S/C21H30N2O4/c1-20(2,3)27-19(25)22-17-10-16-13-23(12-15-8-6-5-7-9-15)14-21(16,11-17)18(24)26-4/h5-9,16-17H,10-14H2,1-4H3,(H,22,25). The maximum atomic E-state index is 12.7. The zero-order valence-electron chi connectivity index (χ0n) is 16.7. The minimum atomic E-state index is -0.552. The molecule has 1 aromatic rings. The number of alkyl carbamates (subject to hydrolysis) is 1. The topological polar surface area (TPSA) is 67.9 Å². The molecule has 3 atom stereocenters. The maximum absolute atomic E-state index is 12.7. The van der Waals surface area contributed by atoms with Gasteiger partial charge in [-0.2, -0.15) is 0 Å². The summed E-state index contributed by atoms with van der Waals surface area (Å²) in [7, 11) is 1.45. The summed E-state index contributed by atoms with van der Waals surface area (Å²) < 4.78 is 10.5. The van der Waals surface area contributed by atoms with Crippen LogP contribution in [0.15, 0.2) is 30.3 Å². The van der Waals surface area contributed by atoms with E-state index in [-0.39, 0.29) is 17.9 Å². The van der Waals surface area contributed by atoms with Crippen molar-refractivity contribution in [2.24, 2.45) is 11.3 Å². The Hall–Kier alpha value is -2.08. The molecule has 1 saturated heterocycles. The summed E-state index contributed by atoms with van der Waals surface area (Å²) in [6, 6.07) is 10.2. The molecular weight excluding hydrogens is 344 g/mol. The van der Waals surface area contributed by atoms with E-state index < -0.39 is 17.1 Å². The number of methoxy groups -OCH3 is 1. The van der Waals surface area contributed by atoms with Gasteiger partial charge in [-0.1, -0.05) is 30.3 Å². The van der Waals surface area contributed by atoms with Gasteiger partial charge in [0.15, 0.2) is 0 Å². The molecule has 1 aliphatic carbocycles. The number of esters is 1. The molecule has 0 spiro atoms. The van der Waals surface area contributed by atoms with Gasteiger partial charge in [0.05, 0.1) is 12.5 Å². The lowest BCUT2D eigenvalue weighted by molar-refractivity contribution is -0.153. The second kappa shape index (κ2) is 7.50. The van der Waals surface area contributed by atoms with E-state index in [0.717, 1.165) is 19.5 Å². The molecule has 27 heavy (non-hydrogen) atoms. The van der Waals surface area contributed by atoms with Crippen molar-refractivity contribution in [3.05, 3.63) is 35.9 Å². The molecule has 2 fully saturated rings. The summed E-state index contributed by atoms with van der Waals surface area (Å²) in [5.74, 6) is 0.00477. The summed E-state index contributed by atoms with van der Waals surface area (Å²) >= 11 is 0. The SMILES string of the molecule is COC(=O)C12CC(NC(=O)OC(C)(C)C)CC1CN(Cc1ccccc1)C2. The third-order valence-electron chi connectivity index (χ3n) is 5.51. The van der Waals surface area contributed by atoms with Gasteiger partial charge >= 0.3 is 12.1 Å². The van der Waals surface area contributed by atoms with E-state index in [2.05, 4.69) is 22.3 Å². The fraction of sp³-hybridized carbons (Fsp3) is 0.619. The van der Waals surface area contributed by atoms with E-state index in [9.17, 15) is 9.59 Å². The van der Waals surface area contributed by atoms with Crippen molar-refractivity contribution in [2.45, 2.75) is 51.8 Å². The predicted molar refractivity (Wildman–Crippen MR) is 102 cm³/mol. The monoisotopic (exact) mass is 374 g/mol. The highest BCUT2D eigenvalue weighted by atomic mass is 16.6. The zero-order valence-corrected chi connectivity index (χ0v) is 16.7. The molecule has 0 aromatic heterocycles. The van der Waals surface area contributed by atoms with Crippen molar-refractivity contribution in [1.29, 1.82) is 0 Å². The first-order chi connectivity index (χ1) is 12.7. The normalized spacial score (nSPS) is 27.9. The summed E-state index contributed by atoms with van der Waals surface area (Å²) in [6.45, 7) is 7.83. The number of carbonyl (C=O) groups excluding carboxylic acids is 2. The number of carbonyl (C=O) groups is 2. The number of likely N-dealkylation sites (tertiary alicyclic amines) is 1. The van der Waals surface area contributed by atoms with Gasteiger partial charge in [0, 0.05) is 25.7 Å².